The first-order valence-corrected chi connectivity index (χ1v) is 7.81. The molecule has 1 aliphatic rings. The third-order valence-corrected chi connectivity index (χ3v) is 4.10. The summed E-state index contributed by atoms with van der Waals surface area (Å²) in [6.07, 6.45) is 0.704. The maximum absolute atomic E-state index is 12.1. The van der Waals surface area contributed by atoms with Crippen LogP contribution in [-0.2, 0) is 9.63 Å². The van der Waals surface area contributed by atoms with Crippen molar-refractivity contribution < 1.29 is 19.2 Å². The van der Waals surface area contributed by atoms with E-state index in [9.17, 15) is 14.4 Å². The van der Waals surface area contributed by atoms with Crippen molar-refractivity contribution in [2.75, 3.05) is 0 Å². The van der Waals surface area contributed by atoms with E-state index in [0.717, 1.165) is 5.56 Å². The van der Waals surface area contributed by atoms with Gasteiger partial charge < -0.3 is 4.84 Å². The molecule has 2 aromatic carbocycles. The summed E-state index contributed by atoms with van der Waals surface area (Å²) in [6.45, 7) is 2.02. The topological polar surface area (TPSA) is 63.7 Å². The quantitative estimate of drug-likeness (QED) is 0.792. The highest BCUT2D eigenvalue weighted by atomic mass is 16.7. The molecule has 0 spiro atoms. The van der Waals surface area contributed by atoms with Crippen molar-refractivity contribution in [2.45, 2.75) is 25.7 Å². The number of nitrogens with zero attached hydrogens (tertiary/aromatic N) is 1. The van der Waals surface area contributed by atoms with Gasteiger partial charge in [-0.1, -0.05) is 54.5 Å². The molecule has 5 heteroatoms. The molecule has 0 bridgehead atoms. The van der Waals surface area contributed by atoms with Crippen molar-refractivity contribution >= 4 is 17.8 Å². The van der Waals surface area contributed by atoms with Crippen LogP contribution < -0.4 is 0 Å². The average molecular weight is 323 g/mol. The fourth-order valence-corrected chi connectivity index (χ4v) is 2.68. The summed E-state index contributed by atoms with van der Waals surface area (Å²) in [5.41, 5.74) is 1.65. The molecular formula is C19H17NO4. The van der Waals surface area contributed by atoms with Crippen molar-refractivity contribution in [1.82, 2.24) is 5.06 Å². The standard InChI is InChI=1S/C19H17NO4/c1-13(14-7-3-2-4-8-14)11-12-17(21)24-20-18(22)15-9-5-6-10-16(15)19(20)23/h2-10,13H,11-12H2,1H3. The Bertz CT molecular complexity index is 750. The Kier molecular flexibility index (Phi) is 4.42. The zero-order valence-electron chi connectivity index (χ0n) is 13.3. The molecule has 0 saturated heterocycles. The van der Waals surface area contributed by atoms with Crippen LogP contribution in [0.4, 0.5) is 0 Å². The van der Waals surface area contributed by atoms with E-state index in [1.165, 1.54) is 0 Å². The third kappa shape index (κ3) is 3.06. The maximum Gasteiger partial charge on any atom is 0.333 e. The van der Waals surface area contributed by atoms with Crippen LogP contribution in [0, 0.1) is 0 Å². The van der Waals surface area contributed by atoms with Gasteiger partial charge >= 0.3 is 5.97 Å². The number of carbonyl (C=O) groups excluding carboxylic acids is 3. The number of hydroxylamine groups is 2. The van der Waals surface area contributed by atoms with Gasteiger partial charge in [-0.05, 0) is 30.0 Å². The Labute approximate surface area is 139 Å². The molecule has 1 atom stereocenters. The zero-order chi connectivity index (χ0) is 17.1. The zero-order valence-corrected chi connectivity index (χ0v) is 13.3. The monoisotopic (exact) mass is 323 g/mol. The number of benzene rings is 2. The summed E-state index contributed by atoms with van der Waals surface area (Å²) in [7, 11) is 0. The molecular weight excluding hydrogens is 306 g/mol. The Morgan fingerprint density at radius 3 is 2.08 bits per heavy atom. The number of hydrogen-bond acceptors (Lipinski definition) is 4. The fraction of sp³-hybridized carbons (Fsp3) is 0.211. The summed E-state index contributed by atoms with van der Waals surface area (Å²) < 4.78 is 0. The minimum absolute atomic E-state index is 0.128. The summed E-state index contributed by atoms with van der Waals surface area (Å²) in [4.78, 5) is 41.3. The van der Waals surface area contributed by atoms with Crippen LogP contribution in [0.5, 0.6) is 0 Å². The van der Waals surface area contributed by atoms with Crippen molar-refractivity contribution in [1.29, 1.82) is 0 Å². The van der Waals surface area contributed by atoms with Gasteiger partial charge in [-0.3, -0.25) is 9.59 Å². The SMILES string of the molecule is CC(CCC(=O)ON1C(=O)c2ccccc2C1=O)c1ccccc1. The Balaban J connectivity index is 1.58. The molecule has 122 valence electrons. The van der Waals surface area contributed by atoms with E-state index in [4.69, 9.17) is 4.84 Å². The van der Waals surface area contributed by atoms with Gasteiger partial charge in [-0.2, -0.15) is 0 Å². The molecule has 24 heavy (non-hydrogen) atoms. The van der Waals surface area contributed by atoms with Gasteiger partial charge in [0.15, 0.2) is 0 Å². The van der Waals surface area contributed by atoms with Crippen LogP contribution >= 0.6 is 0 Å². The highest BCUT2D eigenvalue weighted by molar-refractivity contribution is 6.20. The molecule has 0 aromatic heterocycles. The van der Waals surface area contributed by atoms with Crippen molar-refractivity contribution in [2.24, 2.45) is 0 Å². The second kappa shape index (κ2) is 6.66. The van der Waals surface area contributed by atoms with Crippen molar-refractivity contribution in [3.63, 3.8) is 0 Å². The molecule has 1 aliphatic heterocycles. The predicted molar refractivity (Wildman–Crippen MR) is 87.1 cm³/mol. The van der Waals surface area contributed by atoms with E-state index in [0.29, 0.717) is 11.5 Å². The van der Waals surface area contributed by atoms with Gasteiger partial charge in [0, 0.05) is 6.42 Å². The number of rotatable bonds is 5. The fourth-order valence-electron chi connectivity index (χ4n) is 2.68. The third-order valence-electron chi connectivity index (χ3n) is 4.10. The molecule has 1 heterocycles. The first-order chi connectivity index (χ1) is 11.6. The van der Waals surface area contributed by atoms with Crippen LogP contribution in [0.3, 0.4) is 0 Å². The van der Waals surface area contributed by atoms with Gasteiger partial charge in [0.05, 0.1) is 11.1 Å². The highest BCUT2D eigenvalue weighted by Gasteiger charge is 2.38. The molecule has 1 unspecified atom stereocenters. The number of hydrogen-bond donors (Lipinski definition) is 0. The minimum Gasteiger partial charge on any atom is -0.330 e. The van der Waals surface area contributed by atoms with E-state index in [-0.39, 0.29) is 23.5 Å². The Morgan fingerprint density at radius 2 is 1.50 bits per heavy atom. The lowest BCUT2D eigenvalue weighted by Gasteiger charge is -2.14. The summed E-state index contributed by atoms with van der Waals surface area (Å²) in [6, 6.07) is 16.2. The van der Waals surface area contributed by atoms with E-state index in [1.807, 2.05) is 37.3 Å². The van der Waals surface area contributed by atoms with E-state index in [1.54, 1.807) is 24.3 Å². The first-order valence-electron chi connectivity index (χ1n) is 7.81. The molecule has 0 radical (unpaired) electrons. The van der Waals surface area contributed by atoms with Crippen LogP contribution in [0.1, 0.15) is 52.0 Å². The lowest BCUT2D eigenvalue weighted by molar-refractivity contribution is -0.168. The van der Waals surface area contributed by atoms with Gasteiger partial charge in [-0.15, -0.1) is 0 Å². The molecule has 2 amide bonds. The smallest absolute Gasteiger partial charge is 0.330 e. The van der Waals surface area contributed by atoms with Crippen LogP contribution in [-0.4, -0.2) is 22.8 Å². The van der Waals surface area contributed by atoms with Gasteiger partial charge in [0.1, 0.15) is 0 Å². The second-order valence-electron chi connectivity index (χ2n) is 5.76. The lowest BCUT2D eigenvalue weighted by atomic mass is 9.96. The molecule has 0 aliphatic carbocycles. The number of carbonyl (C=O) groups is 3. The lowest BCUT2D eigenvalue weighted by Crippen LogP contribution is -2.32. The molecule has 0 saturated carbocycles. The summed E-state index contributed by atoms with van der Waals surface area (Å²) in [5.74, 6) is -1.60. The molecule has 0 fully saturated rings. The average Bonchev–Trinajstić information content (AvgIpc) is 2.86. The first kappa shape index (κ1) is 15.9. The van der Waals surface area contributed by atoms with E-state index in [2.05, 4.69) is 0 Å². The van der Waals surface area contributed by atoms with Gasteiger partial charge in [-0.25, -0.2) is 4.79 Å². The van der Waals surface area contributed by atoms with Crippen molar-refractivity contribution in [3.8, 4) is 0 Å². The largest absolute Gasteiger partial charge is 0.333 e. The predicted octanol–water partition coefficient (Wildman–Crippen LogP) is 3.32. The number of imide groups is 1. The van der Waals surface area contributed by atoms with Gasteiger partial charge in [0.25, 0.3) is 11.8 Å². The molecule has 5 nitrogen and oxygen atoms in total. The minimum atomic E-state index is -0.597. The Hall–Kier alpha value is -2.95. The molecule has 3 rings (SSSR count). The summed E-state index contributed by atoms with van der Waals surface area (Å²) in [5, 5.41) is 0.556. The maximum atomic E-state index is 12.1. The number of fused-ring (bicyclic) bond motifs is 1. The van der Waals surface area contributed by atoms with Gasteiger partial charge in [0.2, 0.25) is 0 Å². The van der Waals surface area contributed by atoms with Crippen LogP contribution in [0.15, 0.2) is 54.6 Å². The molecule has 2 aromatic rings. The Morgan fingerprint density at radius 1 is 0.958 bits per heavy atom. The van der Waals surface area contributed by atoms with Crippen LogP contribution in [0.25, 0.3) is 0 Å². The second-order valence-corrected chi connectivity index (χ2v) is 5.76. The highest BCUT2D eigenvalue weighted by Crippen LogP contribution is 2.24. The van der Waals surface area contributed by atoms with E-state index < -0.39 is 17.8 Å². The van der Waals surface area contributed by atoms with E-state index >= 15 is 0 Å². The molecule has 0 N–H and O–H groups in total. The van der Waals surface area contributed by atoms with Crippen LogP contribution in [0.2, 0.25) is 0 Å². The summed E-state index contributed by atoms with van der Waals surface area (Å²) >= 11 is 0. The van der Waals surface area contributed by atoms with Crippen molar-refractivity contribution in [3.05, 3.63) is 71.3 Å². The number of amides is 2. The normalized spacial score (nSPS) is 14.5.